The Morgan fingerprint density at radius 2 is 1.96 bits per heavy atom. The Kier molecular flexibility index (Phi) is 4.80. The molecule has 3 atom stereocenters. The van der Waals surface area contributed by atoms with Gasteiger partial charge in [0, 0.05) is 18.7 Å². The number of nitrogens with one attached hydrogen (secondary N) is 3. The van der Waals surface area contributed by atoms with Crippen LogP contribution in [0, 0.1) is 0 Å². The van der Waals surface area contributed by atoms with E-state index in [-0.39, 0.29) is 41.1 Å². The van der Waals surface area contributed by atoms with Gasteiger partial charge in [-0.25, -0.2) is 0 Å². The van der Waals surface area contributed by atoms with Crippen LogP contribution >= 0.6 is 0 Å². The number of hydrogen-bond donors (Lipinski definition) is 3. The highest BCUT2D eigenvalue weighted by Gasteiger charge is 2.38. The average Bonchev–Trinajstić information content (AvgIpc) is 3.17. The standard InChI is InChI=1S/C19H25N3O4/c23-16-8-7-14(17(22-16)15-6-3-9-26-15)21-19(25)12-10-11-4-1-2-5-13(11)20-18(12)24/h10,14-15,17H,1-9H2,(H,20,24)(H,21,25)(H,22,23)/t14-,15-,17+/m0/s1. The van der Waals surface area contributed by atoms with Crippen LogP contribution in [0.1, 0.15) is 60.1 Å². The fourth-order valence-corrected chi connectivity index (χ4v) is 4.31. The summed E-state index contributed by atoms with van der Waals surface area (Å²) in [5.41, 5.74) is 1.85. The topological polar surface area (TPSA) is 100 Å². The van der Waals surface area contributed by atoms with Crippen LogP contribution < -0.4 is 16.2 Å². The molecule has 0 radical (unpaired) electrons. The summed E-state index contributed by atoms with van der Waals surface area (Å²) in [4.78, 5) is 39.8. The lowest BCUT2D eigenvalue weighted by atomic mass is 9.91. The summed E-state index contributed by atoms with van der Waals surface area (Å²) in [7, 11) is 0. The van der Waals surface area contributed by atoms with Crippen molar-refractivity contribution in [1.82, 2.24) is 15.6 Å². The zero-order valence-corrected chi connectivity index (χ0v) is 14.8. The lowest BCUT2D eigenvalue weighted by Gasteiger charge is -2.36. The lowest BCUT2D eigenvalue weighted by molar-refractivity contribution is -0.125. The molecule has 3 aliphatic rings. The quantitative estimate of drug-likeness (QED) is 0.743. The lowest BCUT2D eigenvalue weighted by Crippen LogP contribution is -2.60. The molecular weight excluding hydrogens is 334 g/mol. The Morgan fingerprint density at radius 1 is 1.12 bits per heavy atom. The molecule has 2 fully saturated rings. The van der Waals surface area contributed by atoms with Crippen LogP contribution in [0.3, 0.4) is 0 Å². The van der Waals surface area contributed by atoms with Crippen molar-refractivity contribution >= 4 is 11.8 Å². The SMILES string of the molecule is O=C1CC[C@H](NC(=O)c2cc3c([nH]c2=O)CCCC3)[C@H]([C@@H]2CCCO2)N1. The van der Waals surface area contributed by atoms with Crippen molar-refractivity contribution in [2.24, 2.45) is 0 Å². The summed E-state index contributed by atoms with van der Waals surface area (Å²) in [5.74, 6) is -0.383. The summed E-state index contributed by atoms with van der Waals surface area (Å²) in [6.07, 6.45) is 6.59. The van der Waals surface area contributed by atoms with Crippen LogP contribution in [-0.2, 0) is 22.4 Å². The van der Waals surface area contributed by atoms with Crippen LogP contribution in [0.2, 0.25) is 0 Å². The first kappa shape index (κ1) is 17.3. The van der Waals surface area contributed by atoms with Crippen molar-refractivity contribution in [3.05, 3.63) is 33.2 Å². The van der Waals surface area contributed by atoms with Gasteiger partial charge in [-0.1, -0.05) is 0 Å². The molecule has 0 unspecified atom stereocenters. The molecule has 2 saturated heterocycles. The van der Waals surface area contributed by atoms with Gasteiger partial charge in [0.15, 0.2) is 0 Å². The van der Waals surface area contributed by atoms with Gasteiger partial charge in [-0.2, -0.15) is 0 Å². The monoisotopic (exact) mass is 359 g/mol. The fraction of sp³-hybridized carbons (Fsp3) is 0.632. The highest BCUT2D eigenvalue weighted by Crippen LogP contribution is 2.23. The largest absolute Gasteiger partial charge is 0.376 e. The number of aryl methyl sites for hydroxylation is 2. The number of piperidine rings is 1. The molecule has 0 bridgehead atoms. The zero-order chi connectivity index (χ0) is 18.1. The van der Waals surface area contributed by atoms with E-state index in [0.29, 0.717) is 19.4 Å². The first-order valence-electron chi connectivity index (χ1n) is 9.59. The van der Waals surface area contributed by atoms with E-state index in [1.165, 1.54) is 0 Å². The Balaban J connectivity index is 1.53. The van der Waals surface area contributed by atoms with E-state index in [9.17, 15) is 14.4 Å². The zero-order valence-electron chi connectivity index (χ0n) is 14.8. The van der Waals surface area contributed by atoms with Crippen LogP contribution in [0.25, 0.3) is 0 Å². The molecule has 3 N–H and O–H groups in total. The highest BCUT2D eigenvalue weighted by molar-refractivity contribution is 5.94. The number of carbonyl (C=O) groups is 2. The number of aromatic amines is 1. The molecule has 1 aromatic rings. The number of H-pyrrole nitrogens is 1. The maximum atomic E-state index is 12.8. The van der Waals surface area contributed by atoms with Crippen LogP contribution in [0.4, 0.5) is 0 Å². The third-order valence-corrected chi connectivity index (χ3v) is 5.71. The smallest absolute Gasteiger partial charge is 0.261 e. The van der Waals surface area contributed by atoms with E-state index in [4.69, 9.17) is 4.74 Å². The van der Waals surface area contributed by atoms with Crippen molar-refractivity contribution < 1.29 is 14.3 Å². The van der Waals surface area contributed by atoms with E-state index >= 15 is 0 Å². The van der Waals surface area contributed by atoms with Gasteiger partial charge in [-0.15, -0.1) is 0 Å². The number of amides is 2. The van der Waals surface area contributed by atoms with Crippen molar-refractivity contribution in [2.45, 2.75) is 69.6 Å². The Morgan fingerprint density at radius 3 is 2.77 bits per heavy atom. The molecule has 3 heterocycles. The molecule has 26 heavy (non-hydrogen) atoms. The second-order valence-electron chi connectivity index (χ2n) is 7.49. The molecule has 7 nitrogen and oxygen atoms in total. The van der Waals surface area contributed by atoms with E-state index in [2.05, 4.69) is 15.6 Å². The Labute approximate surface area is 151 Å². The maximum absolute atomic E-state index is 12.8. The Hall–Kier alpha value is -2.15. The summed E-state index contributed by atoms with van der Waals surface area (Å²) in [5, 5.41) is 5.94. The minimum absolute atomic E-state index is 0.0115. The summed E-state index contributed by atoms with van der Waals surface area (Å²) in [6.45, 7) is 0.683. The van der Waals surface area contributed by atoms with Crippen molar-refractivity contribution in [1.29, 1.82) is 0 Å². The first-order valence-corrected chi connectivity index (χ1v) is 9.59. The first-order chi connectivity index (χ1) is 12.6. The van der Waals surface area contributed by atoms with E-state index in [1.54, 1.807) is 6.07 Å². The fourth-order valence-electron chi connectivity index (χ4n) is 4.31. The van der Waals surface area contributed by atoms with E-state index in [1.807, 2.05) is 0 Å². The molecule has 0 spiro atoms. The minimum Gasteiger partial charge on any atom is -0.376 e. The third kappa shape index (κ3) is 3.40. The molecule has 2 amide bonds. The summed E-state index contributed by atoms with van der Waals surface area (Å²) in [6, 6.07) is 1.28. The van der Waals surface area contributed by atoms with E-state index in [0.717, 1.165) is 49.8 Å². The Bertz CT molecular complexity index is 767. The van der Waals surface area contributed by atoms with Gasteiger partial charge in [0.25, 0.3) is 11.5 Å². The van der Waals surface area contributed by atoms with Gasteiger partial charge in [0.1, 0.15) is 5.56 Å². The predicted octanol–water partition coefficient (Wildman–Crippen LogP) is 0.810. The number of fused-ring (bicyclic) bond motifs is 1. The van der Waals surface area contributed by atoms with Crippen LogP contribution in [0.15, 0.2) is 10.9 Å². The number of aromatic nitrogens is 1. The number of hydrogen-bond acceptors (Lipinski definition) is 4. The molecule has 4 rings (SSSR count). The van der Waals surface area contributed by atoms with Gasteiger partial charge >= 0.3 is 0 Å². The van der Waals surface area contributed by atoms with Crippen molar-refractivity contribution in [2.75, 3.05) is 6.61 Å². The summed E-state index contributed by atoms with van der Waals surface area (Å²) >= 11 is 0. The number of carbonyl (C=O) groups excluding carboxylic acids is 2. The molecule has 1 aromatic heterocycles. The highest BCUT2D eigenvalue weighted by atomic mass is 16.5. The summed E-state index contributed by atoms with van der Waals surface area (Å²) < 4.78 is 5.72. The molecule has 1 aliphatic carbocycles. The maximum Gasteiger partial charge on any atom is 0.261 e. The number of pyridine rings is 1. The number of rotatable bonds is 3. The molecule has 0 aromatic carbocycles. The minimum atomic E-state index is -0.372. The normalized spacial score (nSPS) is 28.3. The van der Waals surface area contributed by atoms with Gasteiger partial charge in [-0.05, 0) is 56.6 Å². The molecule has 7 heteroatoms. The van der Waals surface area contributed by atoms with Crippen molar-refractivity contribution in [3.8, 4) is 0 Å². The van der Waals surface area contributed by atoms with Gasteiger partial charge in [0.2, 0.25) is 5.91 Å². The molecule has 140 valence electrons. The third-order valence-electron chi connectivity index (χ3n) is 5.71. The van der Waals surface area contributed by atoms with Crippen molar-refractivity contribution in [3.63, 3.8) is 0 Å². The molecule has 0 saturated carbocycles. The molecule has 2 aliphatic heterocycles. The number of ether oxygens (including phenoxy) is 1. The van der Waals surface area contributed by atoms with Gasteiger partial charge in [-0.3, -0.25) is 14.4 Å². The van der Waals surface area contributed by atoms with Gasteiger partial charge in [0.05, 0.1) is 18.2 Å². The molecular formula is C19H25N3O4. The van der Waals surface area contributed by atoms with Crippen LogP contribution in [-0.4, -0.2) is 41.6 Å². The second-order valence-corrected chi connectivity index (χ2v) is 7.49. The van der Waals surface area contributed by atoms with Gasteiger partial charge < -0.3 is 20.4 Å². The van der Waals surface area contributed by atoms with Crippen LogP contribution in [0.5, 0.6) is 0 Å². The second kappa shape index (κ2) is 7.23. The average molecular weight is 359 g/mol. The predicted molar refractivity (Wildman–Crippen MR) is 95.1 cm³/mol. The van der Waals surface area contributed by atoms with E-state index < -0.39 is 0 Å².